The normalized spacial score (nSPS) is 43.7. The van der Waals surface area contributed by atoms with E-state index in [1.807, 2.05) is 32.9 Å². The Labute approximate surface area is 194 Å². The van der Waals surface area contributed by atoms with Crippen LogP contribution in [0.4, 0.5) is 0 Å². The van der Waals surface area contributed by atoms with Crippen molar-refractivity contribution in [1.29, 1.82) is 0 Å². The molecule has 5 nitrogen and oxygen atoms in total. The molecule has 1 aromatic carbocycles. The molecule has 4 N–H and O–H groups in total. The summed E-state index contributed by atoms with van der Waals surface area (Å²) in [5.74, 6) is -0.336. The minimum atomic E-state index is -1.57. The number of aliphatic hydroxyl groups excluding tert-OH is 2. The Morgan fingerprint density at radius 2 is 1.78 bits per heavy atom. The fourth-order valence-corrected chi connectivity index (χ4v) is 8.13. The largest absolute Gasteiger partial charge is 0.654 e. The molecular weight excluding hydrogens is 424 g/mol. The maximum Gasteiger partial charge on any atom is 0.0894 e. The van der Waals surface area contributed by atoms with Crippen molar-refractivity contribution in [2.24, 2.45) is 11.3 Å². The molecule has 1 aromatic heterocycles. The number of nitrogens with zero attached hydrogens (tertiary/aromatic N) is 1. The highest BCUT2D eigenvalue weighted by atomic mass is 35.5. The first-order valence-electron chi connectivity index (χ1n) is 11.4. The number of alkyl halides is 1. The molecule has 174 valence electrons. The van der Waals surface area contributed by atoms with E-state index in [2.05, 4.69) is 31.5 Å². The molecule has 1 saturated carbocycles. The smallest absolute Gasteiger partial charge is 0.0894 e. The average molecular weight is 458 g/mol. The second kappa shape index (κ2) is 6.19. The number of aliphatic hydroxyl groups is 3. The average Bonchev–Trinajstić information content (AvgIpc) is 3.14. The van der Waals surface area contributed by atoms with Gasteiger partial charge in [-0.2, -0.15) is 7.05 Å². The first kappa shape index (κ1) is 22.4. The summed E-state index contributed by atoms with van der Waals surface area (Å²) >= 11 is 7.09. The zero-order valence-corrected chi connectivity index (χ0v) is 20.5. The number of aromatic nitrogens is 1. The van der Waals surface area contributed by atoms with Crippen molar-refractivity contribution in [2.75, 3.05) is 7.05 Å². The van der Waals surface area contributed by atoms with Crippen LogP contribution >= 0.6 is 11.6 Å². The number of benzene rings is 1. The van der Waals surface area contributed by atoms with Crippen LogP contribution in [0.5, 0.6) is 0 Å². The van der Waals surface area contributed by atoms with Gasteiger partial charge in [-0.3, -0.25) is 0 Å². The summed E-state index contributed by atoms with van der Waals surface area (Å²) in [6, 6.07) is 6.16. The number of nitrogens with one attached hydrogen (secondary N) is 1. The van der Waals surface area contributed by atoms with Crippen LogP contribution in [0.3, 0.4) is 0 Å². The monoisotopic (exact) mass is 457 g/mol. The minimum absolute atomic E-state index is 0.336. The third kappa shape index (κ3) is 2.00. The minimum Gasteiger partial charge on any atom is -0.654 e. The Kier molecular flexibility index (Phi) is 4.34. The Balaban J connectivity index is 2.08. The number of likely N-dealkylation sites (N-methyl/N-ethyl adjacent to an activating group) is 1. The first-order chi connectivity index (χ1) is 14.8. The molecule has 5 rings (SSSR count). The van der Waals surface area contributed by atoms with E-state index in [1.54, 1.807) is 13.1 Å². The molecule has 7 unspecified atom stereocenters. The van der Waals surface area contributed by atoms with Crippen LogP contribution in [-0.4, -0.2) is 50.5 Å². The van der Waals surface area contributed by atoms with Gasteiger partial charge < -0.3 is 25.6 Å². The van der Waals surface area contributed by atoms with Gasteiger partial charge in [-0.1, -0.05) is 52.8 Å². The van der Waals surface area contributed by atoms with Crippen LogP contribution in [-0.2, 0) is 16.4 Å². The molecule has 1 heterocycles. The summed E-state index contributed by atoms with van der Waals surface area (Å²) in [7, 11) is 1.62. The quantitative estimate of drug-likeness (QED) is 0.402. The van der Waals surface area contributed by atoms with Crippen molar-refractivity contribution < 1.29 is 15.3 Å². The Morgan fingerprint density at radius 3 is 2.38 bits per heavy atom. The summed E-state index contributed by atoms with van der Waals surface area (Å²) in [5.41, 5.74) is -1.82. The Morgan fingerprint density at radius 1 is 1.12 bits per heavy atom. The molecule has 0 aliphatic heterocycles. The molecule has 1 fully saturated rings. The highest BCUT2D eigenvalue weighted by Crippen LogP contribution is 2.71. The third-order valence-corrected chi connectivity index (χ3v) is 10.3. The highest BCUT2D eigenvalue weighted by molar-refractivity contribution is 6.21. The van der Waals surface area contributed by atoms with E-state index in [9.17, 15) is 15.3 Å². The SMILES string of the molecule is C=CC1(C)C(Cl)CC2C(C)(C)c3cccc4[nH]c5c(c34)C2(O)C1([N-]C)C(O)C(O)C5(C)C. The van der Waals surface area contributed by atoms with Crippen molar-refractivity contribution in [2.45, 2.75) is 80.6 Å². The molecule has 3 aliphatic carbocycles. The molecule has 0 saturated heterocycles. The van der Waals surface area contributed by atoms with E-state index in [-0.39, 0.29) is 5.92 Å². The van der Waals surface area contributed by atoms with E-state index in [4.69, 9.17) is 16.9 Å². The van der Waals surface area contributed by atoms with Gasteiger partial charge in [0.25, 0.3) is 0 Å². The Hall–Kier alpha value is -1.37. The van der Waals surface area contributed by atoms with Crippen LogP contribution in [0.15, 0.2) is 30.9 Å². The summed E-state index contributed by atoms with van der Waals surface area (Å²) < 4.78 is 0. The topological polar surface area (TPSA) is 90.6 Å². The predicted octanol–water partition coefficient (Wildman–Crippen LogP) is 4.22. The molecule has 3 aliphatic rings. The van der Waals surface area contributed by atoms with Gasteiger partial charge in [0.2, 0.25) is 0 Å². The van der Waals surface area contributed by atoms with Crippen molar-refractivity contribution >= 4 is 22.5 Å². The number of hydrogen-bond acceptors (Lipinski definition) is 3. The summed E-state index contributed by atoms with van der Waals surface area (Å²) in [4.78, 5) is 3.53. The van der Waals surface area contributed by atoms with Crippen molar-refractivity contribution in [3.8, 4) is 0 Å². The molecular formula is C26H34ClN2O3-. The van der Waals surface area contributed by atoms with Gasteiger partial charge in [-0.25, -0.2) is 0 Å². The number of H-pyrrole nitrogens is 1. The first-order valence-corrected chi connectivity index (χ1v) is 11.8. The lowest BCUT2D eigenvalue weighted by molar-refractivity contribution is -0.209. The van der Waals surface area contributed by atoms with E-state index in [0.717, 1.165) is 27.7 Å². The van der Waals surface area contributed by atoms with E-state index in [0.29, 0.717) is 6.42 Å². The molecule has 2 aromatic rings. The van der Waals surface area contributed by atoms with Crippen molar-refractivity contribution in [3.63, 3.8) is 0 Å². The molecule has 0 bridgehead atoms. The van der Waals surface area contributed by atoms with Crippen LogP contribution < -0.4 is 0 Å². The van der Waals surface area contributed by atoms with Crippen LogP contribution in [0.1, 0.15) is 57.9 Å². The van der Waals surface area contributed by atoms with Gasteiger partial charge in [0.15, 0.2) is 0 Å². The predicted molar refractivity (Wildman–Crippen MR) is 128 cm³/mol. The third-order valence-electron chi connectivity index (χ3n) is 9.66. The maximum absolute atomic E-state index is 13.1. The van der Waals surface area contributed by atoms with Gasteiger partial charge in [0, 0.05) is 38.9 Å². The van der Waals surface area contributed by atoms with Gasteiger partial charge in [-0.15, -0.1) is 18.2 Å². The second-order valence-electron chi connectivity index (χ2n) is 11.4. The highest BCUT2D eigenvalue weighted by Gasteiger charge is 2.73. The lowest BCUT2D eigenvalue weighted by Gasteiger charge is -2.74. The fraction of sp³-hybridized carbons (Fsp3) is 0.615. The summed E-state index contributed by atoms with van der Waals surface area (Å²) in [6.07, 6.45) is -0.318. The molecule has 0 spiro atoms. The fourth-order valence-electron chi connectivity index (χ4n) is 7.70. The van der Waals surface area contributed by atoms with Gasteiger partial charge in [0.1, 0.15) is 0 Å². The molecule has 0 radical (unpaired) electrons. The summed E-state index contributed by atoms with van der Waals surface area (Å²) in [6.45, 7) is 14.1. The molecule has 0 amide bonds. The number of hydrogen-bond donors (Lipinski definition) is 4. The summed E-state index contributed by atoms with van der Waals surface area (Å²) in [5, 5.41) is 42.0. The Bertz CT molecular complexity index is 1140. The second-order valence-corrected chi connectivity index (χ2v) is 12.0. The van der Waals surface area contributed by atoms with Crippen LogP contribution in [0.25, 0.3) is 16.2 Å². The lowest BCUT2D eigenvalue weighted by atomic mass is 9.42. The zero-order valence-electron chi connectivity index (χ0n) is 19.7. The standard InChI is InChI=1S/C26H34ClN2O3/c1-8-24(6)16(27)12-15-22(2,3)13-10-9-11-14-17(13)18-19(29-14)23(4,5)20(30)21(31)26(24,28-7)25(15,18)32/h8-11,15-16,20-21,29-32H,1,12H2,2-7H3/q-1. The van der Waals surface area contributed by atoms with Crippen molar-refractivity contribution in [3.05, 3.63) is 53.0 Å². The van der Waals surface area contributed by atoms with Gasteiger partial charge >= 0.3 is 0 Å². The molecule has 32 heavy (non-hydrogen) atoms. The maximum atomic E-state index is 13.1. The van der Waals surface area contributed by atoms with E-state index < -0.39 is 45.0 Å². The van der Waals surface area contributed by atoms with E-state index in [1.165, 1.54) is 0 Å². The van der Waals surface area contributed by atoms with Crippen LogP contribution in [0, 0.1) is 11.3 Å². The lowest BCUT2D eigenvalue weighted by Crippen LogP contribution is -2.77. The zero-order chi connectivity index (χ0) is 23.6. The van der Waals surface area contributed by atoms with Gasteiger partial charge in [-0.05, 0) is 34.4 Å². The van der Waals surface area contributed by atoms with Gasteiger partial charge in [0.05, 0.1) is 17.8 Å². The van der Waals surface area contributed by atoms with Crippen LogP contribution in [0.2, 0.25) is 0 Å². The van der Waals surface area contributed by atoms with Crippen molar-refractivity contribution in [1.82, 2.24) is 4.98 Å². The number of aromatic amines is 1. The molecule has 6 heteroatoms. The molecule has 7 atom stereocenters. The number of rotatable bonds is 2. The van der Waals surface area contributed by atoms with E-state index >= 15 is 0 Å². The number of halogens is 1.